The highest BCUT2D eigenvalue weighted by atomic mass is 19.2. The fourth-order valence-corrected chi connectivity index (χ4v) is 1.10. The zero-order valence-corrected chi connectivity index (χ0v) is 7.90. The summed E-state index contributed by atoms with van der Waals surface area (Å²) in [5.74, 6) is -4.12. The molecule has 1 rings (SSSR count). The molecular weight excluding hydrogens is 205 g/mol. The van der Waals surface area contributed by atoms with Crippen molar-refractivity contribution in [2.75, 3.05) is 0 Å². The molecular formula is C11H9F3O. The van der Waals surface area contributed by atoms with E-state index in [-0.39, 0.29) is 6.42 Å². The molecule has 0 saturated carbocycles. The Morgan fingerprint density at radius 3 is 2.40 bits per heavy atom. The lowest BCUT2D eigenvalue weighted by Gasteiger charge is -2.02. The van der Waals surface area contributed by atoms with Crippen LogP contribution in [0.1, 0.15) is 23.2 Å². The van der Waals surface area contributed by atoms with Crippen molar-refractivity contribution in [1.82, 2.24) is 0 Å². The maximum absolute atomic E-state index is 13.1. The maximum atomic E-state index is 13.1. The molecule has 0 aliphatic heterocycles. The van der Waals surface area contributed by atoms with E-state index in [1.807, 2.05) is 0 Å². The van der Waals surface area contributed by atoms with Crippen molar-refractivity contribution in [1.29, 1.82) is 0 Å². The van der Waals surface area contributed by atoms with E-state index in [0.717, 1.165) is 0 Å². The second kappa shape index (κ2) is 4.77. The van der Waals surface area contributed by atoms with Gasteiger partial charge in [0.05, 0.1) is 5.56 Å². The Morgan fingerprint density at radius 2 is 1.80 bits per heavy atom. The highest BCUT2D eigenvalue weighted by Gasteiger charge is 2.15. The summed E-state index contributed by atoms with van der Waals surface area (Å²) in [5, 5.41) is 0. The summed E-state index contributed by atoms with van der Waals surface area (Å²) in [6, 6.07) is 0.951. The van der Waals surface area contributed by atoms with Gasteiger partial charge in [0.1, 0.15) is 5.82 Å². The van der Waals surface area contributed by atoms with E-state index >= 15 is 0 Å². The zero-order chi connectivity index (χ0) is 11.4. The predicted octanol–water partition coefficient (Wildman–Crippen LogP) is 3.25. The van der Waals surface area contributed by atoms with Gasteiger partial charge in [0.25, 0.3) is 0 Å². The average Bonchev–Trinajstić information content (AvgIpc) is 2.20. The van der Waals surface area contributed by atoms with Gasteiger partial charge >= 0.3 is 0 Å². The summed E-state index contributed by atoms with van der Waals surface area (Å²) in [5.41, 5.74) is -0.421. The van der Waals surface area contributed by atoms with Crippen molar-refractivity contribution in [3.8, 4) is 0 Å². The number of halogens is 3. The third-order valence-corrected chi connectivity index (χ3v) is 1.89. The number of allylic oxidation sites excluding steroid dienone is 1. The molecule has 0 fully saturated rings. The third kappa shape index (κ3) is 2.68. The number of hydrogen-bond acceptors (Lipinski definition) is 1. The molecule has 0 amide bonds. The van der Waals surface area contributed by atoms with Crippen LogP contribution in [0.3, 0.4) is 0 Å². The van der Waals surface area contributed by atoms with Crippen LogP contribution in [-0.2, 0) is 0 Å². The molecule has 1 aromatic rings. The van der Waals surface area contributed by atoms with E-state index in [1.165, 1.54) is 6.08 Å². The minimum absolute atomic E-state index is 0.0332. The van der Waals surface area contributed by atoms with Gasteiger partial charge in [0.15, 0.2) is 17.4 Å². The third-order valence-electron chi connectivity index (χ3n) is 1.89. The summed E-state index contributed by atoms with van der Waals surface area (Å²) in [6.07, 6.45) is 1.90. The quantitative estimate of drug-likeness (QED) is 0.427. The summed E-state index contributed by atoms with van der Waals surface area (Å²) in [4.78, 5) is 11.3. The zero-order valence-electron chi connectivity index (χ0n) is 7.90. The number of Topliss-reactive ketones (excluding diaryl/α,β-unsaturated/α-hetero) is 1. The lowest BCUT2D eigenvalue weighted by molar-refractivity contribution is 0.0979. The molecule has 0 spiro atoms. The monoisotopic (exact) mass is 214 g/mol. The first-order valence-electron chi connectivity index (χ1n) is 4.35. The summed E-state index contributed by atoms with van der Waals surface area (Å²) in [7, 11) is 0. The van der Waals surface area contributed by atoms with Gasteiger partial charge in [0, 0.05) is 12.5 Å². The van der Waals surface area contributed by atoms with Crippen LogP contribution in [0.5, 0.6) is 0 Å². The standard InChI is InChI=1S/C11H9F3O/c1-2-3-4-11(15)7-5-9(13)10(14)6-8(7)12/h2,5-6H,1,3-4H2. The number of carbonyl (C=O) groups excluding carboxylic acids is 1. The van der Waals surface area contributed by atoms with Crippen molar-refractivity contribution in [3.05, 3.63) is 47.8 Å². The highest BCUT2D eigenvalue weighted by molar-refractivity contribution is 5.96. The molecule has 0 aromatic heterocycles. The van der Waals surface area contributed by atoms with Gasteiger partial charge in [-0.05, 0) is 12.5 Å². The average molecular weight is 214 g/mol. The second-order valence-electron chi connectivity index (χ2n) is 3.00. The van der Waals surface area contributed by atoms with Crippen LogP contribution in [0, 0.1) is 17.5 Å². The fraction of sp³-hybridized carbons (Fsp3) is 0.182. The summed E-state index contributed by atoms with van der Waals surface area (Å²) >= 11 is 0. The van der Waals surface area contributed by atoms with E-state index in [4.69, 9.17) is 0 Å². The van der Waals surface area contributed by atoms with Crippen molar-refractivity contribution < 1.29 is 18.0 Å². The van der Waals surface area contributed by atoms with Crippen LogP contribution < -0.4 is 0 Å². The van der Waals surface area contributed by atoms with Gasteiger partial charge in [-0.2, -0.15) is 0 Å². The van der Waals surface area contributed by atoms with Crippen LogP contribution in [0.2, 0.25) is 0 Å². The summed E-state index contributed by atoms with van der Waals surface area (Å²) in [6.45, 7) is 3.40. The van der Waals surface area contributed by atoms with E-state index in [1.54, 1.807) is 0 Å². The maximum Gasteiger partial charge on any atom is 0.166 e. The smallest absolute Gasteiger partial charge is 0.166 e. The molecule has 0 saturated heterocycles. The first-order valence-corrected chi connectivity index (χ1v) is 4.35. The Bertz CT molecular complexity index is 399. The molecule has 0 N–H and O–H groups in total. The van der Waals surface area contributed by atoms with Gasteiger partial charge < -0.3 is 0 Å². The molecule has 1 nitrogen and oxygen atoms in total. The highest BCUT2D eigenvalue weighted by Crippen LogP contribution is 2.15. The van der Waals surface area contributed by atoms with Gasteiger partial charge in [-0.25, -0.2) is 13.2 Å². The minimum atomic E-state index is -1.30. The molecule has 0 heterocycles. The van der Waals surface area contributed by atoms with Crippen LogP contribution in [0.15, 0.2) is 24.8 Å². The summed E-state index contributed by atoms with van der Waals surface area (Å²) < 4.78 is 38.3. The lowest BCUT2D eigenvalue weighted by atomic mass is 10.1. The van der Waals surface area contributed by atoms with Crippen LogP contribution >= 0.6 is 0 Å². The van der Waals surface area contributed by atoms with E-state index in [9.17, 15) is 18.0 Å². The van der Waals surface area contributed by atoms with Gasteiger partial charge in [0.2, 0.25) is 0 Å². The van der Waals surface area contributed by atoms with E-state index in [2.05, 4.69) is 6.58 Å². The number of hydrogen-bond donors (Lipinski definition) is 0. The van der Waals surface area contributed by atoms with E-state index < -0.39 is 28.8 Å². The molecule has 0 radical (unpaired) electrons. The number of rotatable bonds is 4. The SMILES string of the molecule is C=CCCC(=O)c1cc(F)c(F)cc1F. The first kappa shape index (κ1) is 11.5. The number of benzene rings is 1. The van der Waals surface area contributed by atoms with Crippen molar-refractivity contribution >= 4 is 5.78 Å². The molecule has 1 aromatic carbocycles. The first-order chi connectivity index (χ1) is 7.06. The largest absolute Gasteiger partial charge is 0.294 e. The van der Waals surface area contributed by atoms with Crippen LogP contribution in [-0.4, -0.2) is 5.78 Å². The Balaban J connectivity index is 2.98. The van der Waals surface area contributed by atoms with Crippen molar-refractivity contribution in [2.24, 2.45) is 0 Å². The predicted molar refractivity (Wildman–Crippen MR) is 50.1 cm³/mol. The topological polar surface area (TPSA) is 17.1 Å². The molecule has 0 aliphatic carbocycles. The normalized spacial score (nSPS) is 10.1. The van der Waals surface area contributed by atoms with Crippen molar-refractivity contribution in [3.63, 3.8) is 0 Å². The number of carbonyl (C=O) groups is 1. The Morgan fingerprint density at radius 1 is 1.20 bits per heavy atom. The lowest BCUT2D eigenvalue weighted by Crippen LogP contribution is -2.04. The van der Waals surface area contributed by atoms with Gasteiger partial charge in [-0.15, -0.1) is 6.58 Å². The van der Waals surface area contributed by atoms with E-state index in [0.29, 0.717) is 18.6 Å². The fourth-order valence-electron chi connectivity index (χ4n) is 1.10. The van der Waals surface area contributed by atoms with Crippen LogP contribution in [0.4, 0.5) is 13.2 Å². The molecule has 0 aliphatic rings. The van der Waals surface area contributed by atoms with Gasteiger partial charge in [-0.3, -0.25) is 4.79 Å². The Labute approximate surface area is 85.2 Å². The Hall–Kier alpha value is -1.58. The second-order valence-corrected chi connectivity index (χ2v) is 3.00. The molecule has 0 bridgehead atoms. The molecule has 4 heteroatoms. The van der Waals surface area contributed by atoms with Crippen LogP contribution in [0.25, 0.3) is 0 Å². The molecule has 0 atom stereocenters. The minimum Gasteiger partial charge on any atom is -0.294 e. The molecule has 80 valence electrons. The molecule has 15 heavy (non-hydrogen) atoms. The molecule has 0 unspecified atom stereocenters. The Kier molecular flexibility index (Phi) is 3.66. The number of ketones is 1. The van der Waals surface area contributed by atoms with Gasteiger partial charge in [-0.1, -0.05) is 6.08 Å². The van der Waals surface area contributed by atoms with Crippen molar-refractivity contribution in [2.45, 2.75) is 12.8 Å².